The predicted molar refractivity (Wildman–Crippen MR) is 32.3 cm³/mol. The van der Waals surface area contributed by atoms with Gasteiger partial charge < -0.3 is 0 Å². The molecule has 34 valence electrons. The highest BCUT2D eigenvalue weighted by molar-refractivity contribution is 6.63. The molecular weight excluding hydrogens is 70.9 g/mol. The van der Waals surface area contributed by atoms with E-state index in [0.717, 1.165) is 0 Å². The third-order valence-electron chi connectivity index (χ3n) is 0.986. The van der Waals surface area contributed by atoms with Gasteiger partial charge in [-0.25, -0.2) is 0 Å². The molecule has 6 heavy (non-hydrogen) atoms. The van der Waals surface area contributed by atoms with Crippen molar-refractivity contribution < 1.29 is 0 Å². The second-order valence-electron chi connectivity index (χ2n) is 2.00. The maximum atomic E-state index is 3.75. The Labute approximate surface area is 40.3 Å². The molecule has 0 bridgehead atoms. The lowest BCUT2D eigenvalue weighted by molar-refractivity contribution is 1.64. The molecule has 0 spiro atoms. The lowest BCUT2D eigenvalue weighted by Gasteiger charge is -1.92. The van der Waals surface area contributed by atoms with Crippen LogP contribution in [0.25, 0.3) is 0 Å². The van der Waals surface area contributed by atoms with Gasteiger partial charge in [0.25, 0.3) is 0 Å². The van der Waals surface area contributed by atoms with Gasteiger partial charge in [0.1, 0.15) is 0 Å². The summed E-state index contributed by atoms with van der Waals surface area (Å²) < 4.78 is 0. The zero-order valence-electron chi connectivity index (χ0n) is 4.78. The van der Waals surface area contributed by atoms with Crippen molar-refractivity contribution in [3.8, 4) is 0 Å². The Bertz CT molecular complexity index is 55.0. The highest BCUT2D eigenvalue weighted by Crippen LogP contribution is 1.91. The van der Waals surface area contributed by atoms with Crippen molar-refractivity contribution in [2.75, 3.05) is 0 Å². The van der Waals surface area contributed by atoms with Gasteiger partial charge in [-0.15, -0.1) is 12.1 Å². The third-order valence-corrected chi connectivity index (χ3v) is 0.986. The molecule has 0 aliphatic rings. The number of hydrogen-bond donors (Lipinski definition) is 0. The van der Waals surface area contributed by atoms with Gasteiger partial charge in [0, 0.05) is 0 Å². The second-order valence-corrected chi connectivity index (χ2v) is 2.00. The summed E-state index contributed by atoms with van der Waals surface area (Å²) in [7, 11) is 0. The zero-order chi connectivity index (χ0) is 5.15. The molecule has 0 nitrogen and oxygen atoms in total. The summed E-state index contributed by atoms with van der Waals surface area (Å²) in [5, 5.41) is 0. The molecule has 1 heteroatoms. The van der Waals surface area contributed by atoms with Crippen molar-refractivity contribution in [2.45, 2.75) is 20.6 Å². The van der Waals surface area contributed by atoms with E-state index >= 15 is 0 Å². The fourth-order valence-electron chi connectivity index (χ4n) is 0. The van der Waals surface area contributed by atoms with Crippen molar-refractivity contribution >= 4 is 6.71 Å². The first-order valence-corrected chi connectivity index (χ1v) is 2.30. The van der Waals surface area contributed by atoms with Gasteiger partial charge in [-0.3, -0.25) is 0 Å². The van der Waals surface area contributed by atoms with E-state index in [1.54, 1.807) is 0 Å². The molecule has 0 aromatic heterocycles. The van der Waals surface area contributed by atoms with Crippen LogP contribution in [0, 0.1) is 0 Å². The Balaban J connectivity index is 3.26. The van der Waals surface area contributed by atoms with Crippen LogP contribution in [-0.2, 0) is 0 Å². The second kappa shape index (κ2) is 2.06. The number of allylic oxidation sites excluding steroid dienone is 1. The quantitative estimate of drug-likeness (QED) is 0.423. The predicted octanol–water partition coefficient (Wildman–Crippen LogP) is 1.86. The van der Waals surface area contributed by atoms with Crippen LogP contribution in [0.3, 0.4) is 0 Å². The molecular formula is C5H11B. The van der Waals surface area contributed by atoms with Gasteiger partial charge in [-0.05, 0) is 0 Å². The van der Waals surface area contributed by atoms with E-state index in [1.807, 2.05) is 6.92 Å². The van der Waals surface area contributed by atoms with Gasteiger partial charge in [-0.1, -0.05) is 20.6 Å². The molecule has 0 atom stereocenters. The van der Waals surface area contributed by atoms with Crippen molar-refractivity contribution in [2.24, 2.45) is 0 Å². The minimum atomic E-state index is 0.657. The zero-order valence-corrected chi connectivity index (χ0v) is 4.78. The molecule has 0 saturated heterocycles. The smallest absolute Gasteiger partial charge is 0.112 e. The Morgan fingerprint density at radius 2 is 1.67 bits per heavy atom. The van der Waals surface area contributed by atoms with Crippen molar-refractivity contribution in [3.05, 3.63) is 12.1 Å². The van der Waals surface area contributed by atoms with Gasteiger partial charge >= 0.3 is 0 Å². The summed E-state index contributed by atoms with van der Waals surface area (Å²) in [6.45, 7) is 10.7. The molecule has 0 radical (unpaired) electrons. The maximum Gasteiger partial charge on any atom is 0.163 e. The summed E-state index contributed by atoms with van der Waals surface area (Å²) in [6, 6.07) is 0. The van der Waals surface area contributed by atoms with Gasteiger partial charge in [0.15, 0.2) is 6.71 Å². The molecule has 0 N–H and O–H groups in total. The average molecular weight is 82.0 g/mol. The fraction of sp³-hybridized carbons (Fsp3) is 0.600. The average Bonchev–Trinajstić information content (AvgIpc) is 1.36. The molecule has 0 aliphatic heterocycles. The summed E-state index contributed by atoms with van der Waals surface area (Å²) in [5.74, 6) is 0. The molecule has 0 aromatic rings. The van der Waals surface area contributed by atoms with Crippen LogP contribution >= 0.6 is 0 Å². The Morgan fingerprint density at radius 3 is 1.67 bits per heavy atom. The Kier molecular flexibility index (Phi) is 2.00. The molecule has 0 saturated carbocycles. The normalized spacial score (nSPS) is 7.83. The molecule has 0 heterocycles. The van der Waals surface area contributed by atoms with Crippen molar-refractivity contribution in [1.82, 2.24) is 0 Å². The summed E-state index contributed by atoms with van der Waals surface area (Å²) in [4.78, 5) is 0. The molecule has 0 aromatic carbocycles. The van der Waals surface area contributed by atoms with E-state index in [0.29, 0.717) is 6.71 Å². The first kappa shape index (κ1) is 5.80. The number of rotatable bonds is 1. The van der Waals surface area contributed by atoms with Crippen LogP contribution in [0.4, 0.5) is 0 Å². The first-order valence-electron chi connectivity index (χ1n) is 2.30. The minimum absolute atomic E-state index is 0.657. The first-order chi connectivity index (χ1) is 2.64. The lowest BCUT2D eigenvalue weighted by atomic mass is 9.50. The van der Waals surface area contributed by atoms with E-state index in [-0.39, 0.29) is 0 Å². The van der Waals surface area contributed by atoms with E-state index in [2.05, 4.69) is 20.2 Å². The van der Waals surface area contributed by atoms with Gasteiger partial charge in [0.05, 0.1) is 0 Å². The van der Waals surface area contributed by atoms with E-state index in [4.69, 9.17) is 0 Å². The van der Waals surface area contributed by atoms with Crippen LogP contribution in [0.1, 0.15) is 6.92 Å². The van der Waals surface area contributed by atoms with Crippen LogP contribution in [0.5, 0.6) is 0 Å². The molecule has 0 unspecified atom stereocenters. The van der Waals surface area contributed by atoms with E-state index < -0.39 is 0 Å². The largest absolute Gasteiger partial charge is 0.163 e. The molecule has 0 fully saturated rings. The SMILES string of the molecule is C=C(C)B(C)C. The molecule has 0 amide bonds. The highest BCUT2D eigenvalue weighted by atomic mass is 13.6. The van der Waals surface area contributed by atoms with Crippen molar-refractivity contribution in [1.29, 1.82) is 0 Å². The third kappa shape index (κ3) is 2.07. The van der Waals surface area contributed by atoms with E-state index in [1.165, 1.54) is 5.47 Å². The van der Waals surface area contributed by atoms with Gasteiger partial charge in [0.2, 0.25) is 0 Å². The van der Waals surface area contributed by atoms with Crippen LogP contribution in [0.15, 0.2) is 12.1 Å². The number of hydrogen-bond acceptors (Lipinski definition) is 0. The van der Waals surface area contributed by atoms with Crippen LogP contribution in [0.2, 0.25) is 13.6 Å². The Morgan fingerprint density at radius 1 is 1.50 bits per heavy atom. The Hall–Kier alpha value is -0.195. The maximum absolute atomic E-state index is 3.75. The van der Waals surface area contributed by atoms with Crippen LogP contribution in [-0.4, -0.2) is 6.71 Å². The fourth-order valence-corrected chi connectivity index (χ4v) is 0. The summed E-state index contributed by atoms with van der Waals surface area (Å²) in [5.41, 5.74) is 1.26. The van der Waals surface area contributed by atoms with Crippen molar-refractivity contribution in [3.63, 3.8) is 0 Å². The highest BCUT2D eigenvalue weighted by Gasteiger charge is 1.93. The van der Waals surface area contributed by atoms with Gasteiger partial charge in [-0.2, -0.15) is 0 Å². The topological polar surface area (TPSA) is 0 Å². The molecule has 0 rings (SSSR count). The summed E-state index contributed by atoms with van der Waals surface area (Å²) in [6.07, 6.45) is 0. The minimum Gasteiger partial charge on any atom is -0.112 e. The van der Waals surface area contributed by atoms with Crippen LogP contribution < -0.4 is 0 Å². The summed E-state index contributed by atoms with van der Waals surface area (Å²) >= 11 is 0. The molecule has 0 aliphatic carbocycles. The van der Waals surface area contributed by atoms with E-state index in [9.17, 15) is 0 Å². The monoisotopic (exact) mass is 82.1 g/mol. The standard InChI is InChI=1S/C5H11B/c1-5(2)6(3)4/h1H2,2-4H3. The lowest BCUT2D eigenvalue weighted by Crippen LogP contribution is -1.98.